The summed E-state index contributed by atoms with van der Waals surface area (Å²) in [6, 6.07) is 9.03. The third-order valence-electron chi connectivity index (χ3n) is 3.72. The van der Waals surface area contributed by atoms with Crippen LogP contribution in [0.15, 0.2) is 24.3 Å². The minimum Gasteiger partial charge on any atom is -0.383 e. The maximum atomic E-state index is 6.12. The number of halogens is 1. The molecular weight excluding hydrogens is 284 g/mol. The molecule has 1 unspecified atom stereocenters. The Kier molecular flexibility index (Phi) is 8.93. The van der Waals surface area contributed by atoms with Crippen LogP contribution in [0.25, 0.3) is 0 Å². The summed E-state index contributed by atoms with van der Waals surface area (Å²) in [6.45, 7) is 10.4. The Hall–Kier alpha value is -0.610. The summed E-state index contributed by atoms with van der Waals surface area (Å²) in [5.74, 6) is 0. The van der Waals surface area contributed by atoms with Crippen molar-refractivity contribution in [3.05, 3.63) is 34.9 Å². The van der Waals surface area contributed by atoms with E-state index in [9.17, 15) is 0 Å². The third-order valence-corrected chi connectivity index (χ3v) is 3.95. The summed E-state index contributed by atoms with van der Waals surface area (Å²) < 4.78 is 5.20. The van der Waals surface area contributed by atoms with Crippen LogP contribution in [-0.4, -0.2) is 44.3 Å². The number of benzene rings is 1. The Labute approximate surface area is 134 Å². The quantitative estimate of drug-likeness (QED) is 0.712. The molecule has 0 spiro atoms. The van der Waals surface area contributed by atoms with Crippen molar-refractivity contribution in [3.63, 3.8) is 0 Å². The van der Waals surface area contributed by atoms with Crippen molar-refractivity contribution in [1.29, 1.82) is 0 Å². The van der Waals surface area contributed by atoms with E-state index in [4.69, 9.17) is 16.3 Å². The van der Waals surface area contributed by atoms with Crippen molar-refractivity contribution in [2.45, 2.75) is 39.3 Å². The summed E-state index contributed by atoms with van der Waals surface area (Å²) in [5.41, 5.74) is 1.26. The molecule has 0 bridgehead atoms. The molecule has 0 aliphatic heterocycles. The van der Waals surface area contributed by atoms with Gasteiger partial charge in [-0.15, -0.1) is 0 Å². The van der Waals surface area contributed by atoms with Crippen LogP contribution < -0.4 is 5.32 Å². The van der Waals surface area contributed by atoms with Gasteiger partial charge in [-0.2, -0.15) is 0 Å². The van der Waals surface area contributed by atoms with Gasteiger partial charge < -0.3 is 10.1 Å². The average Bonchev–Trinajstić information content (AvgIpc) is 2.45. The molecule has 1 aromatic carbocycles. The fraction of sp³-hybridized carbons (Fsp3) is 0.647. The van der Waals surface area contributed by atoms with Crippen molar-refractivity contribution >= 4 is 11.6 Å². The van der Waals surface area contributed by atoms with Crippen molar-refractivity contribution < 1.29 is 4.74 Å². The van der Waals surface area contributed by atoms with Crippen LogP contribution >= 0.6 is 11.6 Å². The fourth-order valence-electron chi connectivity index (χ4n) is 2.49. The van der Waals surface area contributed by atoms with Crippen LogP contribution in [-0.2, 0) is 4.74 Å². The molecular formula is C17H29ClN2O. The highest BCUT2D eigenvalue weighted by Gasteiger charge is 2.15. The zero-order chi connectivity index (χ0) is 15.7. The molecule has 0 amide bonds. The Balaban J connectivity index is 2.65. The molecule has 1 N–H and O–H groups in total. The van der Waals surface area contributed by atoms with E-state index in [1.165, 1.54) is 5.56 Å². The third kappa shape index (κ3) is 6.79. The summed E-state index contributed by atoms with van der Waals surface area (Å²) in [7, 11) is 1.76. The number of nitrogens with one attached hydrogen (secondary N) is 1. The van der Waals surface area contributed by atoms with E-state index < -0.39 is 0 Å². The van der Waals surface area contributed by atoms with E-state index in [-0.39, 0.29) is 0 Å². The normalized spacial score (nSPS) is 13.1. The molecule has 0 aliphatic carbocycles. The van der Waals surface area contributed by atoms with Crippen molar-refractivity contribution in [2.75, 3.05) is 33.4 Å². The first kappa shape index (κ1) is 18.4. The largest absolute Gasteiger partial charge is 0.383 e. The Morgan fingerprint density at radius 1 is 1.29 bits per heavy atom. The highest BCUT2D eigenvalue weighted by molar-refractivity contribution is 6.30. The van der Waals surface area contributed by atoms with Gasteiger partial charge in [-0.05, 0) is 44.5 Å². The summed E-state index contributed by atoms with van der Waals surface area (Å²) in [5, 5.41) is 4.36. The van der Waals surface area contributed by atoms with Crippen LogP contribution in [0, 0.1) is 0 Å². The highest BCUT2D eigenvalue weighted by atomic mass is 35.5. The van der Waals surface area contributed by atoms with Crippen molar-refractivity contribution in [1.82, 2.24) is 10.2 Å². The standard InChI is InChI=1S/C17H29ClN2O/c1-5-19-17(15-7-6-8-16(18)13-15)9-10-20(14(2)3)11-12-21-4/h6-8,13-14,17,19H,5,9-12H2,1-4H3. The van der Waals surface area contributed by atoms with E-state index in [0.717, 1.165) is 37.7 Å². The number of hydrogen-bond donors (Lipinski definition) is 1. The molecule has 0 saturated heterocycles. The van der Waals surface area contributed by atoms with Crippen LogP contribution in [0.5, 0.6) is 0 Å². The number of rotatable bonds is 10. The van der Waals surface area contributed by atoms with Gasteiger partial charge in [0.15, 0.2) is 0 Å². The molecule has 3 nitrogen and oxygen atoms in total. The fourth-order valence-corrected chi connectivity index (χ4v) is 2.69. The maximum Gasteiger partial charge on any atom is 0.0589 e. The van der Waals surface area contributed by atoms with Gasteiger partial charge in [0, 0.05) is 37.3 Å². The lowest BCUT2D eigenvalue weighted by Crippen LogP contribution is -2.36. The molecule has 120 valence electrons. The lowest BCUT2D eigenvalue weighted by atomic mass is 10.0. The number of methoxy groups -OCH3 is 1. The maximum absolute atomic E-state index is 6.12. The molecule has 0 heterocycles. The predicted octanol–water partition coefficient (Wildman–Crippen LogP) is 3.74. The van der Waals surface area contributed by atoms with E-state index in [2.05, 4.69) is 43.1 Å². The molecule has 1 aromatic rings. The van der Waals surface area contributed by atoms with Gasteiger partial charge in [0.2, 0.25) is 0 Å². The van der Waals surface area contributed by atoms with Gasteiger partial charge in [-0.25, -0.2) is 0 Å². The minimum atomic E-state index is 0.345. The van der Waals surface area contributed by atoms with E-state index in [1.807, 2.05) is 12.1 Å². The number of ether oxygens (including phenoxy) is 1. The van der Waals surface area contributed by atoms with Crippen LogP contribution in [0.3, 0.4) is 0 Å². The lowest BCUT2D eigenvalue weighted by Gasteiger charge is -2.28. The molecule has 0 radical (unpaired) electrons. The van der Waals surface area contributed by atoms with Gasteiger partial charge in [0.25, 0.3) is 0 Å². The second-order valence-electron chi connectivity index (χ2n) is 5.58. The smallest absolute Gasteiger partial charge is 0.0589 e. The van der Waals surface area contributed by atoms with Gasteiger partial charge in [0.1, 0.15) is 0 Å². The number of nitrogens with zero attached hydrogens (tertiary/aromatic N) is 1. The Bertz CT molecular complexity index is 398. The first-order valence-corrected chi connectivity index (χ1v) is 8.18. The zero-order valence-corrected chi connectivity index (χ0v) is 14.5. The molecule has 1 atom stereocenters. The molecule has 0 aliphatic rings. The predicted molar refractivity (Wildman–Crippen MR) is 91.1 cm³/mol. The molecule has 21 heavy (non-hydrogen) atoms. The first-order valence-electron chi connectivity index (χ1n) is 7.80. The molecule has 0 fully saturated rings. The van der Waals surface area contributed by atoms with Gasteiger partial charge >= 0.3 is 0 Å². The molecule has 4 heteroatoms. The van der Waals surface area contributed by atoms with Gasteiger partial charge in [0.05, 0.1) is 6.61 Å². The second kappa shape index (κ2) is 10.2. The summed E-state index contributed by atoms with van der Waals surface area (Å²) in [4.78, 5) is 2.46. The Morgan fingerprint density at radius 3 is 2.62 bits per heavy atom. The SMILES string of the molecule is CCNC(CCN(CCOC)C(C)C)c1cccc(Cl)c1. The van der Waals surface area contributed by atoms with Crippen molar-refractivity contribution in [3.8, 4) is 0 Å². The monoisotopic (exact) mass is 312 g/mol. The van der Waals surface area contributed by atoms with Gasteiger partial charge in [-0.3, -0.25) is 4.90 Å². The minimum absolute atomic E-state index is 0.345. The second-order valence-corrected chi connectivity index (χ2v) is 6.01. The van der Waals surface area contributed by atoms with Crippen LogP contribution in [0.4, 0.5) is 0 Å². The zero-order valence-electron chi connectivity index (χ0n) is 13.7. The van der Waals surface area contributed by atoms with E-state index >= 15 is 0 Å². The lowest BCUT2D eigenvalue weighted by molar-refractivity contribution is 0.126. The van der Waals surface area contributed by atoms with Gasteiger partial charge in [-0.1, -0.05) is 30.7 Å². The number of hydrogen-bond acceptors (Lipinski definition) is 3. The average molecular weight is 313 g/mol. The van der Waals surface area contributed by atoms with E-state index in [1.54, 1.807) is 7.11 Å². The molecule has 0 saturated carbocycles. The highest BCUT2D eigenvalue weighted by Crippen LogP contribution is 2.21. The molecule has 0 aromatic heterocycles. The van der Waals surface area contributed by atoms with Crippen molar-refractivity contribution in [2.24, 2.45) is 0 Å². The van der Waals surface area contributed by atoms with Crippen LogP contribution in [0.2, 0.25) is 5.02 Å². The van der Waals surface area contributed by atoms with Crippen LogP contribution in [0.1, 0.15) is 38.8 Å². The first-order chi connectivity index (χ1) is 10.1. The summed E-state index contributed by atoms with van der Waals surface area (Å²) >= 11 is 6.12. The topological polar surface area (TPSA) is 24.5 Å². The molecule has 1 rings (SSSR count). The summed E-state index contributed by atoms with van der Waals surface area (Å²) in [6.07, 6.45) is 1.07. The van der Waals surface area contributed by atoms with E-state index in [0.29, 0.717) is 12.1 Å². The Morgan fingerprint density at radius 2 is 2.05 bits per heavy atom.